The molecule has 0 aliphatic rings. The van der Waals surface area contributed by atoms with Crippen LogP contribution in [0.1, 0.15) is 27.2 Å². The van der Waals surface area contributed by atoms with E-state index < -0.39 is 0 Å². The Bertz CT molecular complexity index is 916. The fourth-order valence-electron chi connectivity index (χ4n) is 2.65. The number of aromatic amines is 1. The number of carbonyl (C=O) groups is 1. The summed E-state index contributed by atoms with van der Waals surface area (Å²) in [6.45, 7) is 3.90. The molecule has 0 fully saturated rings. The summed E-state index contributed by atoms with van der Waals surface area (Å²) in [4.78, 5) is 15.9. The van der Waals surface area contributed by atoms with E-state index in [9.17, 15) is 4.79 Å². The Morgan fingerprint density at radius 2 is 1.95 bits per heavy atom. The van der Waals surface area contributed by atoms with Gasteiger partial charge in [-0.25, -0.2) is 0 Å². The zero-order valence-electron chi connectivity index (χ0n) is 12.4. The topological polar surface area (TPSA) is 68.7 Å². The lowest BCUT2D eigenvalue weighted by Gasteiger charge is -2.06. The lowest BCUT2D eigenvalue weighted by molar-refractivity contribution is 0.102. The molecule has 2 aromatic carbocycles. The number of H-pyrrole nitrogens is 1. The molecule has 1 amide bonds. The van der Waals surface area contributed by atoms with E-state index in [4.69, 9.17) is 5.26 Å². The predicted octanol–water partition coefficient (Wildman–Crippen LogP) is 3.91. The highest BCUT2D eigenvalue weighted by molar-refractivity contribution is 6.14. The Morgan fingerprint density at radius 3 is 2.73 bits per heavy atom. The van der Waals surface area contributed by atoms with Gasteiger partial charge in [-0.15, -0.1) is 0 Å². The first-order valence-electron chi connectivity index (χ1n) is 6.99. The molecule has 0 unspecified atom stereocenters. The Hall–Kier alpha value is -3.06. The standard InChI is InChI=1S/C18H15N3O/c1-11-5-3-8-15-16(12(2)20-17(11)15)18(22)21-14-7-4-6-13(9-14)10-19/h3-9,20H,1-2H3,(H,21,22). The maximum atomic E-state index is 12.6. The summed E-state index contributed by atoms with van der Waals surface area (Å²) >= 11 is 0. The van der Waals surface area contributed by atoms with Gasteiger partial charge >= 0.3 is 0 Å². The monoisotopic (exact) mass is 289 g/mol. The smallest absolute Gasteiger partial charge is 0.258 e. The molecule has 0 atom stereocenters. The number of hydrogen-bond acceptors (Lipinski definition) is 2. The number of para-hydroxylation sites is 1. The van der Waals surface area contributed by atoms with Crippen LogP contribution in [0, 0.1) is 25.2 Å². The number of benzene rings is 2. The second kappa shape index (κ2) is 5.38. The molecule has 0 spiro atoms. The summed E-state index contributed by atoms with van der Waals surface area (Å²) in [6, 6.07) is 14.8. The molecule has 0 aliphatic carbocycles. The highest BCUT2D eigenvalue weighted by Gasteiger charge is 2.17. The Balaban J connectivity index is 2.01. The fraction of sp³-hybridized carbons (Fsp3) is 0.111. The van der Waals surface area contributed by atoms with Gasteiger partial charge in [-0.2, -0.15) is 5.26 Å². The van der Waals surface area contributed by atoms with Crippen molar-refractivity contribution in [1.82, 2.24) is 4.98 Å². The van der Waals surface area contributed by atoms with Crippen LogP contribution in [0.3, 0.4) is 0 Å². The number of amides is 1. The Morgan fingerprint density at radius 1 is 1.18 bits per heavy atom. The van der Waals surface area contributed by atoms with Crippen LogP contribution in [0.4, 0.5) is 5.69 Å². The van der Waals surface area contributed by atoms with Crippen LogP contribution in [0.2, 0.25) is 0 Å². The first-order chi connectivity index (χ1) is 10.6. The summed E-state index contributed by atoms with van der Waals surface area (Å²) < 4.78 is 0. The zero-order valence-corrected chi connectivity index (χ0v) is 12.4. The molecule has 1 heterocycles. The highest BCUT2D eigenvalue weighted by atomic mass is 16.1. The summed E-state index contributed by atoms with van der Waals surface area (Å²) in [5, 5.41) is 12.7. The van der Waals surface area contributed by atoms with E-state index in [1.807, 2.05) is 32.0 Å². The molecule has 0 aliphatic heterocycles. The highest BCUT2D eigenvalue weighted by Crippen LogP contribution is 2.25. The number of rotatable bonds is 2. The summed E-state index contributed by atoms with van der Waals surface area (Å²) in [6.07, 6.45) is 0. The second-order valence-electron chi connectivity index (χ2n) is 5.27. The number of carbonyl (C=O) groups excluding carboxylic acids is 1. The minimum absolute atomic E-state index is 0.176. The van der Waals surface area contributed by atoms with E-state index in [0.29, 0.717) is 16.8 Å². The minimum Gasteiger partial charge on any atom is -0.358 e. The van der Waals surface area contributed by atoms with Gasteiger partial charge in [0.25, 0.3) is 5.91 Å². The van der Waals surface area contributed by atoms with E-state index in [1.54, 1.807) is 24.3 Å². The van der Waals surface area contributed by atoms with Crippen molar-refractivity contribution in [1.29, 1.82) is 5.26 Å². The molecule has 108 valence electrons. The van der Waals surface area contributed by atoms with Crippen LogP contribution in [-0.4, -0.2) is 10.9 Å². The molecule has 22 heavy (non-hydrogen) atoms. The maximum absolute atomic E-state index is 12.6. The number of nitrogens with one attached hydrogen (secondary N) is 2. The van der Waals surface area contributed by atoms with Crippen molar-refractivity contribution in [3.8, 4) is 6.07 Å². The van der Waals surface area contributed by atoms with Crippen LogP contribution in [0.25, 0.3) is 10.9 Å². The van der Waals surface area contributed by atoms with Gasteiger partial charge in [0.15, 0.2) is 0 Å². The van der Waals surface area contributed by atoms with Gasteiger partial charge in [0.05, 0.1) is 17.2 Å². The van der Waals surface area contributed by atoms with E-state index in [2.05, 4.69) is 16.4 Å². The Labute approximate surface area is 128 Å². The molecule has 1 aromatic heterocycles. The van der Waals surface area contributed by atoms with Gasteiger partial charge in [0, 0.05) is 22.3 Å². The summed E-state index contributed by atoms with van der Waals surface area (Å²) in [5.74, 6) is -0.176. The lowest BCUT2D eigenvalue weighted by Crippen LogP contribution is -2.12. The molecule has 0 radical (unpaired) electrons. The van der Waals surface area contributed by atoms with Crippen molar-refractivity contribution < 1.29 is 4.79 Å². The van der Waals surface area contributed by atoms with Gasteiger partial charge in [-0.1, -0.05) is 24.3 Å². The van der Waals surface area contributed by atoms with Crippen molar-refractivity contribution in [2.45, 2.75) is 13.8 Å². The normalized spacial score (nSPS) is 10.4. The van der Waals surface area contributed by atoms with Gasteiger partial charge < -0.3 is 10.3 Å². The summed E-state index contributed by atoms with van der Waals surface area (Å²) in [7, 11) is 0. The van der Waals surface area contributed by atoms with Crippen LogP contribution in [0.15, 0.2) is 42.5 Å². The molecule has 0 bridgehead atoms. The first-order valence-corrected chi connectivity index (χ1v) is 6.99. The van der Waals surface area contributed by atoms with Gasteiger partial charge in [-0.3, -0.25) is 4.79 Å². The first kappa shape index (κ1) is 13.9. The quantitative estimate of drug-likeness (QED) is 0.751. The summed E-state index contributed by atoms with van der Waals surface area (Å²) in [5.41, 5.74) is 4.69. The third-order valence-electron chi connectivity index (χ3n) is 3.71. The lowest BCUT2D eigenvalue weighted by atomic mass is 10.1. The number of nitrogens with zero attached hydrogens (tertiary/aromatic N) is 1. The van der Waals surface area contributed by atoms with Gasteiger partial charge in [0.1, 0.15) is 0 Å². The number of nitriles is 1. The molecular weight excluding hydrogens is 274 g/mol. The molecular formula is C18H15N3O. The fourth-order valence-corrected chi connectivity index (χ4v) is 2.65. The number of anilines is 1. The molecule has 4 heteroatoms. The number of hydrogen-bond donors (Lipinski definition) is 2. The second-order valence-corrected chi connectivity index (χ2v) is 5.27. The molecule has 3 aromatic rings. The van der Waals surface area contributed by atoms with E-state index in [0.717, 1.165) is 22.2 Å². The molecule has 3 rings (SSSR count). The maximum Gasteiger partial charge on any atom is 0.258 e. The van der Waals surface area contributed by atoms with Crippen molar-refractivity contribution in [2.75, 3.05) is 5.32 Å². The van der Waals surface area contributed by atoms with E-state index >= 15 is 0 Å². The SMILES string of the molecule is Cc1[nH]c2c(C)cccc2c1C(=O)Nc1cccc(C#N)c1. The number of fused-ring (bicyclic) bond motifs is 1. The average molecular weight is 289 g/mol. The van der Waals surface area contributed by atoms with Crippen molar-refractivity contribution in [3.05, 3.63) is 64.8 Å². The largest absolute Gasteiger partial charge is 0.358 e. The average Bonchev–Trinajstić information content (AvgIpc) is 2.85. The minimum atomic E-state index is -0.176. The van der Waals surface area contributed by atoms with Crippen LogP contribution >= 0.6 is 0 Å². The van der Waals surface area contributed by atoms with Crippen LogP contribution < -0.4 is 5.32 Å². The van der Waals surface area contributed by atoms with E-state index in [1.165, 1.54) is 0 Å². The van der Waals surface area contributed by atoms with Crippen molar-refractivity contribution in [2.24, 2.45) is 0 Å². The third kappa shape index (κ3) is 2.33. The van der Waals surface area contributed by atoms with E-state index in [-0.39, 0.29) is 5.91 Å². The zero-order chi connectivity index (χ0) is 15.7. The third-order valence-corrected chi connectivity index (χ3v) is 3.71. The Kier molecular flexibility index (Phi) is 3.40. The number of aromatic nitrogens is 1. The van der Waals surface area contributed by atoms with Crippen molar-refractivity contribution in [3.63, 3.8) is 0 Å². The van der Waals surface area contributed by atoms with Crippen LogP contribution in [-0.2, 0) is 0 Å². The van der Waals surface area contributed by atoms with Gasteiger partial charge in [-0.05, 0) is 37.6 Å². The molecule has 4 nitrogen and oxygen atoms in total. The van der Waals surface area contributed by atoms with Crippen LogP contribution in [0.5, 0.6) is 0 Å². The van der Waals surface area contributed by atoms with Gasteiger partial charge in [0.2, 0.25) is 0 Å². The number of aryl methyl sites for hydroxylation is 2. The predicted molar refractivity (Wildman–Crippen MR) is 86.9 cm³/mol. The molecule has 0 saturated heterocycles. The molecule has 2 N–H and O–H groups in total. The molecule has 0 saturated carbocycles. The van der Waals surface area contributed by atoms with Crippen molar-refractivity contribution >= 4 is 22.5 Å².